The molecule has 3 heterocycles. The van der Waals surface area contributed by atoms with Crippen molar-refractivity contribution in [2.75, 3.05) is 13.2 Å². The van der Waals surface area contributed by atoms with Gasteiger partial charge in [-0.25, -0.2) is 0 Å². The number of fused-ring (bicyclic) bond motifs is 1. The van der Waals surface area contributed by atoms with Crippen LogP contribution in [0.25, 0.3) is 0 Å². The van der Waals surface area contributed by atoms with Gasteiger partial charge >= 0.3 is 29.8 Å². The van der Waals surface area contributed by atoms with Crippen LogP contribution in [0.15, 0.2) is 65.6 Å². The first kappa shape index (κ1) is 38.2. The molecule has 3 aliphatic rings. The molecular formula is C35H40O15S. The van der Waals surface area contributed by atoms with Crippen LogP contribution in [-0.4, -0.2) is 104 Å². The molecule has 16 heteroatoms. The molecule has 0 spiro atoms. The normalized spacial score (nSPS) is 31.7. The van der Waals surface area contributed by atoms with Crippen molar-refractivity contribution < 1.29 is 71.3 Å². The molecular weight excluding hydrogens is 692 g/mol. The highest BCUT2D eigenvalue weighted by Crippen LogP contribution is 2.41. The summed E-state index contributed by atoms with van der Waals surface area (Å²) in [4.78, 5) is 62.7. The van der Waals surface area contributed by atoms with Crippen molar-refractivity contribution in [2.45, 2.75) is 106 Å². The molecule has 0 radical (unpaired) electrons. The third kappa shape index (κ3) is 10.1. The molecule has 11 atom stereocenters. The molecule has 276 valence electrons. The minimum Gasteiger partial charge on any atom is -0.463 e. The van der Waals surface area contributed by atoms with Gasteiger partial charge in [0, 0.05) is 45.1 Å². The summed E-state index contributed by atoms with van der Waals surface area (Å²) >= 11 is 1.18. The Morgan fingerprint density at radius 3 is 1.82 bits per heavy atom. The van der Waals surface area contributed by atoms with Crippen molar-refractivity contribution in [1.29, 1.82) is 0 Å². The highest BCUT2D eigenvalue weighted by atomic mass is 32.2. The number of ether oxygens (including phenoxy) is 10. The molecule has 2 aromatic carbocycles. The van der Waals surface area contributed by atoms with Crippen LogP contribution in [0.3, 0.4) is 0 Å². The van der Waals surface area contributed by atoms with Crippen molar-refractivity contribution in [3.05, 3.63) is 66.2 Å². The van der Waals surface area contributed by atoms with Gasteiger partial charge in [0.05, 0.1) is 6.61 Å². The van der Waals surface area contributed by atoms with E-state index in [2.05, 4.69) is 0 Å². The van der Waals surface area contributed by atoms with Crippen LogP contribution in [-0.2, 0) is 71.3 Å². The lowest BCUT2D eigenvalue weighted by atomic mass is 9.95. The Morgan fingerprint density at radius 1 is 0.647 bits per heavy atom. The molecule has 0 aliphatic carbocycles. The third-order valence-electron chi connectivity index (χ3n) is 7.89. The Morgan fingerprint density at radius 2 is 1.22 bits per heavy atom. The highest BCUT2D eigenvalue weighted by Gasteiger charge is 2.58. The summed E-state index contributed by atoms with van der Waals surface area (Å²) in [6.45, 7) is 5.47. The van der Waals surface area contributed by atoms with Gasteiger partial charge in [-0.2, -0.15) is 0 Å². The average Bonchev–Trinajstić information content (AvgIpc) is 3.07. The first-order valence-corrected chi connectivity index (χ1v) is 17.1. The smallest absolute Gasteiger partial charge is 0.303 e. The Bertz CT molecular complexity index is 1520. The van der Waals surface area contributed by atoms with E-state index < -0.39 is 96.7 Å². The monoisotopic (exact) mass is 732 g/mol. The molecule has 2 aromatic rings. The minimum absolute atomic E-state index is 0.0497. The summed E-state index contributed by atoms with van der Waals surface area (Å²) in [6.07, 6.45) is -12.1. The molecule has 51 heavy (non-hydrogen) atoms. The van der Waals surface area contributed by atoms with Gasteiger partial charge in [0.1, 0.15) is 36.5 Å². The first-order chi connectivity index (χ1) is 24.4. The van der Waals surface area contributed by atoms with Gasteiger partial charge in [0.2, 0.25) is 0 Å². The maximum Gasteiger partial charge on any atom is 0.303 e. The molecule has 5 rings (SSSR count). The molecule has 0 unspecified atom stereocenters. The van der Waals surface area contributed by atoms with E-state index in [9.17, 15) is 24.0 Å². The van der Waals surface area contributed by atoms with Gasteiger partial charge in [0.15, 0.2) is 37.0 Å². The second kappa shape index (κ2) is 17.4. The molecule has 0 N–H and O–H groups in total. The Labute approximate surface area is 298 Å². The number of rotatable bonds is 11. The second-order valence-electron chi connectivity index (χ2n) is 11.9. The summed E-state index contributed by atoms with van der Waals surface area (Å²) in [7, 11) is 0. The fourth-order valence-corrected chi connectivity index (χ4v) is 7.11. The van der Waals surface area contributed by atoms with Gasteiger partial charge in [-0.3, -0.25) is 24.0 Å². The number of hydrogen-bond acceptors (Lipinski definition) is 16. The van der Waals surface area contributed by atoms with Gasteiger partial charge < -0.3 is 47.4 Å². The molecule has 0 saturated carbocycles. The van der Waals surface area contributed by atoms with E-state index in [0.717, 1.165) is 18.7 Å². The highest BCUT2D eigenvalue weighted by molar-refractivity contribution is 7.99. The Balaban J connectivity index is 1.52. The van der Waals surface area contributed by atoms with Gasteiger partial charge in [-0.05, 0) is 12.1 Å². The molecule has 0 bridgehead atoms. The number of thioether (sulfide) groups is 1. The standard InChI is InChI=1S/C35H40O15S/c1-18(36)41-16-26-28(30(44-20(3)38)32(46-22(5)40)35(48-26)51-24-14-10-7-11-15-24)50-34-31(45-21(4)39)29(43-19(2)37)27-25(47-34)17-42-33(49-27)23-12-8-6-9-13-23/h6-15,25-35H,16-17H2,1-5H3/t25-,26-,27-,28-,29+,30+,31-,32-,33-,34+,35+/m1/s1. The van der Waals surface area contributed by atoms with Gasteiger partial charge in [-0.1, -0.05) is 60.3 Å². The van der Waals surface area contributed by atoms with Gasteiger partial charge in [-0.15, -0.1) is 0 Å². The SMILES string of the molecule is CC(=O)OC[C@H]1O[C@@H](Sc2ccccc2)[C@H](OC(C)=O)[C@@H](OC(C)=O)[C@@H]1O[C@@H]1O[C@@H]2CO[C@@H](c3ccccc3)O[C@H]2[C@H](OC(C)=O)[C@H]1OC(C)=O. The lowest BCUT2D eigenvalue weighted by Gasteiger charge is -2.50. The summed E-state index contributed by atoms with van der Waals surface area (Å²) in [6, 6.07) is 18.1. The van der Waals surface area contributed by atoms with Crippen molar-refractivity contribution in [1.82, 2.24) is 0 Å². The number of benzene rings is 2. The maximum absolute atomic E-state index is 12.6. The van der Waals surface area contributed by atoms with Crippen LogP contribution in [0.5, 0.6) is 0 Å². The molecule has 3 aliphatic heterocycles. The van der Waals surface area contributed by atoms with E-state index in [4.69, 9.17) is 47.4 Å². The zero-order chi connectivity index (χ0) is 36.7. The van der Waals surface area contributed by atoms with Crippen LogP contribution in [0.4, 0.5) is 0 Å². The van der Waals surface area contributed by atoms with E-state index in [-0.39, 0.29) is 13.2 Å². The summed E-state index contributed by atoms with van der Waals surface area (Å²) in [5, 5.41) is 0. The zero-order valence-electron chi connectivity index (χ0n) is 28.6. The molecule has 0 aromatic heterocycles. The number of hydrogen-bond donors (Lipinski definition) is 0. The van der Waals surface area contributed by atoms with E-state index in [1.165, 1.54) is 32.5 Å². The van der Waals surface area contributed by atoms with Crippen LogP contribution in [0.2, 0.25) is 0 Å². The second-order valence-corrected chi connectivity index (χ2v) is 13.1. The molecule has 0 amide bonds. The number of carbonyl (C=O) groups excluding carboxylic acids is 5. The Kier molecular flexibility index (Phi) is 13.1. The summed E-state index contributed by atoms with van der Waals surface area (Å²) < 4.78 is 59.6. The van der Waals surface area contributed by atoms with Crippen molar-refractivity contribution >= 4 is 41.6 Å². The van der Waals surface area contributed by atoms with Crippen LogP contribution in [0, 0.1) is 0 Å². The number of esters is 5. The van der Waals surface area contributed by atoms with Crippen LogP contribution >= 0.6 is 11.8 Å². The largest absolute Gasteiger partial charge is 0.463 e. The lowest BCUT2D eigenvalue weighted by Crippen LogP contribution is -2.67. The maximum atomic E-state index is 12.6. The lowest BCUT2D eigenvalue weighted by molar-refractivity contribution is -0.378. The minimum atomic E-state index is -1.53. The average molecular weight is 733 g/mol. The fourth-order valence-electron chi connectivity index (χ4n) is 5.98. The molecule has 3 fully saturated rings. The predicted molar refractivity (Wildman–Crippen MR) is 173 cm³/mol. The van der Waals surface area contributed by atoms with Gasteiger partial charge in [0.25, 0.3) is 0 Å². The summed E-state index contributed by atoms with van der Waals surface area (Å²) in [5.74, 6) is -3.55. The fraction of sp³-hybridized carbons (Fsp3) is 0.514. The van der Waals surface area contributed by atoms with Crippen molar-refractivity contribution in [2.24, 2.45) is 0 Å². The first-order valence-electron chi connectivity index (χ1n) is 16.2. The summed E-state index contributed by atoms with van der Waals surface area (Å²) in [5.41, 5.74) is -0.290. The number of carbonyl (C=O) groups is 5. The van der Waals surface area contributed by atoms with E-state index in [1.807, 2.05) is 36.4 Å². The molecule has 3 saturated heterocycles. The van der Waals surface area contributed by atoms with Crippen molar-refractivity contribution in [3.63, 3.8) is 0 Å². The molecule has 15 nitrogen and oxygen atoms in total. The quantitative estimate of drug-likeness (QED) is 0.243. The van der Waals surface area contributed by atoms with Crippen LogP contribution in [0.1, 0.15) is 46.5 Å². The Hall–Kier alpha value is -4.06. The zero-order valence-corrected chi connectivity index (χ0v) is 29.4. The topological polar surface area (TPSA) is 178 Å². The third-order valence-corrected chi connectivity index (χ3v) is 9.05. The van der Waals surface area contributed by atoms with Crippen LogP contribution < -0.4 is 0 Å². The predicted octanol–water partition coefficient (Wildman–Crippen LogP) is 3.02. The van der Waals surface area contributed by atoms with E-state index in [0.29, 0.717) is 5.56 Å². The van der Waals surface area contributed by atoms with E-state index >= 15 is 0 Å². The van der Waals surface area contributed by atoms with Crippen molar-refractivity contribution in [3.8, 4) is 0 Å². The van der Waals surface area contributed by atoms with E-state index in [1.54, 1.807) is 24.3 Å².